The lowest BCUT2D eigenvalue weighted by molar-refractivity contribution is 0.147. The van der Waals surface area contributed by atoms with E-state index < -0.39 is 0 Å². The molecule has 2 rings (SSSR count). The summed E-state index contributed by atoms with van der Waals surface area (Å²) in [5.41, 5.74) is 1.03. The van der Waals surface area contributed by atoms with Gasteiger partial charge in [0.25, 0.3) is 0 Å². The summed E-state index contributed by atoms with van der Waals surface area (Å²) in [4.78, 5) is 11.3. The van der Waals surface area contributed by atoms with Crippen LogP contribution in [0.3, 0.4) is 0 Å². The zero-order valence-corrected chi connectivity index (χ0v) is 14.6. The number of nitrogens with one attached hydrogen (secondary N) is 2. The van der Waals surface area contributed by atoms with E-state index in [1.165, 1.54) is 45.2 Å². The molecule has 1 aromatic rings. The van der Waals surface area contributed by atoms with Gasteiger partial charge in [-0.2, -0.15) is 0 Å². The number of pyridine rings is 1. The average molecular weight is 317 g/mol. The summed E-state index contributed by atoms with van der Waals surface area (Å²) >= 11 is 0. The van der Waals surface area contributed by atoms with Gasteiger partial charge in [-0.25, -0.2) is 0 Å². The molecule has 0 amide bonds. The van der Waals surface area contributed by atoms with Crippen molar-refractivity contribution in [2.24, 2.45) is 4.99 Å². The molecule has 1 atom stereocenters. The Morgan fingerprint density at radius 1 is 1.35 bits per heavy atom. The third kappa shape index (κ3) is 6.18. The predicted octanol–water partition coefficient (Wildman–Crippen LogP) is 2.40. The molecule has 0 aromatic carbocycles. The number of likely N-dealkylation sites (tertiary alicyclic amines) is 1. The molecule has 5 nitrogen and oxygen atoms in total. The van der Waals surface area contributed by atoms with E-state index in [0.717, 1.165) is 18.2 Å². The van der Waals surface area contributed by atoms with Crippen LogP contribution in [0.15, 0.2) is 29.4 Å². The molecule has 1 fully saturated rings. The Labute approximate surface area is 140 Å². The Kier molecular flexibility index (Phi) is 7.87. The zero-order chi connectivity index (χ0) is 16.3. The highest BCUT2D eigenvalue weighted by atomic mass is 15.2. The average Bonchev–Trinajstić information content (AvgIpc) is 2.61. The molecular formula is C18H31N5. The van der Waals surface area contributed by atoms with Gasteiger partial charge in [0.15, 0.2) is 5.96 Å². The summed E-state index contributed by atoms with van der Waals surface area (Å²) in [6.45, 7) is 6.39. The first-order valence-corrected chi connectivity index (χ1v) is 8.92. The van der Waals surface area contributed by atoms with Crippen LogP contribution < -0.4 is 10.6 Å². The first-order chi connectivity index (χ1) is 11.3. The monoisotopic (exact) mass is 317 g/mol. The minimum atomic E-state index is 0.628. The van der Waals surface area contributed by atoms with Crippen molar-refractivity contribution in [1.82, 2.24) is 20.5 Å². The molecule has 2 heterocycles. The van der Waals surface area contributed by atoms with E-state index >= 15 is 0 Å². The smallest absolute Gasteiger partial charge is 0.191 e. The summed E-state index contributed by atoms with van der Waals surface area (Å²) < 4.78 is 0. The number of nitrogens with zero attached hydrogens (tertiary/aromatic N) is 3. The van der Waals surface area contributed by atoms with Crippen molar-refractivity contribution in [3.8, 4) is 0 Å². The number of piperidine rings is 1. The number of aliphatic imine (C=N–C) groups is 1. The maximum Gasteiger partial charge on any atom is 0.191 e. The summed E-state index contributed by atoms with van der Waals surface area (Å²) in [5.74, 6) is 0.858. The lowest BCUT2D eigenvalue weighted by Gasteiger charge is -2.36. The first-order valence-electron chi connectivity index (χ1n) is 8.92. The van der Waals surface area contributed by atoms with Crippen molar-refractivity contribution in [2.45, 2.75) is 51.6 Å². The maximum absolute atomic E-state index is 4.33. The third-order valence-electron chi connectivity index (χ3n) is 4.44. The van der Waals surface area contributed by atoms with Crippen LogP contribution in [0.1, 0.15) is 44.7 Å². The highest BCUT2D eigenvalue weighted by Gasteiger charge is 2.21. The van der Waals surface area contributed by atoms with Crippen molar-refractivity contribution in [2.75, 3.05) is 26.7 Å². The minimum absolute atomic E-state index is 0.628. The Bertz CT molecular complexity index is 460. The molecule has 1 aliphatic rings. The van der Waals surface area contributed by atoms with E-state index in [2.05, 4.69) is 32.4 Å². The molecule has 2 N–H and O–H groups in total. The number of aromatic nitrogens is 1. The number of hydrogen-bond acceptors (Lipinski definition) is 3. The van der Waals surface area contributed by atoms with Crippen molar-refractivity contribution >= 4 is 5.96 Å². The van der Waals surface area contributed by atoms with Gasteiger partial charge in [-0.1, -0.05) is 25.8 Å². The molecule has 1 aromatic heterocycles. The number of hydrogen-bond donors (Lipinski definition) is 2. The fraction of sp³-hybridized carbons (Fsp3) is 0.667. The first kappa shape index (κ1) is 17.7. The van der Waals surface area contributed by atoms with Gasteiger partial charge in [0.2, 0.25) is 0 Å². The summed E-state index contributed by atoms with van der Waals surface area (Å²) in [6.07, 6.45) is 8.35. The maximum atomic E-state index is 4.33. The summed E-state index contributed by atoms with van der Waals surface area (Å²) in [5, 5.41) is 6.83. The topological polar surface area (TPSA) is 52.5 Å². The Morgan fingerprint density at radius 2 is 2.26 bits per heavy atom. The van der Waals surface area contributed by atoms with E-state index in [4.69, 9.17) is 0 Å². The van der Waals surface area contributed by atoms with Crippen molar-refractivity contribution in [1.29, 1.82) is 0 Å². The van der Waals surface area contributed by atoms with E-state index in [1.54, 1.807) is 0 Å². The Balaban J connectivity index is 1.77. The van der Waals surface area contributed by atoms with Gasteiger partial charge < -0.3 is 10.6 Å². The van der Waals surface area contributed by atoms with Gasteiger partial charge in [0.1, 0.15) is 0 Å². The van der Waals surface area contributed by atoms with Crippen LogP contribution in [0.5, 0.6) is 0 Å². The van der Waals surface area contributed by atoms with Gasteiger partial charge in [0.05, 0.1) is 12.2 Å². The molecule has 128 valence electrons. The van der Waals surface area contributed by atoms with Gasteiger partial charge in [-0.15, -0.1) is 0 Å². The van der Waals surface area contributed by atoms with Crippen molar-refractivity contribution in [3.63, 3.8) is 0 Å². The fourth-order valence-corrected chi connectivity index (χ4v) is 3.06. The van der Waals surface area contributed by atoms with Crippen molar-refractivity contribution < 1.29 is 0 Å². The number of guanidine groups is 1. The summed E-state index contributed by atoms with van der Waals surface area (Å²) in [6, 6.07) is 6.59. The second-order valence-electron chi connectivity index (χ2n) is 6.17. The van der Waals surface area contributed by atoms with Crippen LogP contribution >= 0.6 is 0 Å². The lowest BCUT2D eigenvalue weighted by atomic mass is 10.0. The Hall–Kier alpha value is -1.62. The van der Waals surface area contributed by atoms with Crippen LogP contribution in [0.2, 0.25) is 0 Å². The molecule has 1 saturated heterocycles. The molecule has 0 aliphatic carbocycles. The SMILES string of the molecule is CCCCN1CCCCC1CNC(=NC)NCc1ccccn1. The molecule has 1 unspecified atom stereocenters. The van der Waals surface area contributed by atoms with Gasteiger partial charge in [-0.3, -0.25) is 14.9 Å². The van der Waals surface area contributed by atoms with Gasteiger partial charge >= 0.3 is 0 Å². The van der Waals surface area contributed by atoms with E-state index in [0.29, 0.717) is 12.6 Å². The van der Waals surface area contributed by atoms with Crippen LogP contribution in [0.25, 0.3) is 0 Å². The largest absolute Gasteiger partial charge is 0.355 e. The molecular weight excluding hydrogens is 286 g/mol. The van der Waals surface area contributed by atoms with E-state index in [-0.39, 0.29) is 0 Å². The van der Waals surface area contributed by atoms with Crippen LogP contribution in [-0.2, 0) is 6.54 Å². The van der Waals surface area contributed by atoms with Gasteiger partial charge in [-0.05, 0) is 44.5 Å². The molecule has 23 heavy (non-hydrogen) atoms. The Morgan fingerprint density at radius 3 is 3.00 bits per heavy atom. The molecule has 0 spiro atoms. The van der Waals surface area contributed by atoms with Gasteiger partial charge in [0, 0.05) is 25.8 Å². The second kappa shape index (κ2) is 10.2. The van der Waals surface area contributed by atoms with Crippen LogP contribution in [-0.4, -0.2) is 48.6 Å². The normalized spacial score (nSPS) is 19.6. The van der Waals surface area contributed by atoms with Crippen LogP contribution in [0, 0.1) is 0 Å². The van der Waals surface area contributed by atoms with Crippen molar-refractivity contribution in [3.05, 3.63) is 30.1 Å². The molecule has 5 heteroatoms. The number of unbranched alkanes of at least 4 members (excludes halogenated alkanes) is 1. The molecule has 1 aliphatic heterocycles. The summed E-state index contributed by atoms with van der Waals surface area (Å²) in [7, 11) is 1.82. The standard InChI is InChI=1S/C18H31N5/c1-3-4-12-23-13-8-6-10-17(23)15-22-18(19-2)21-14-16-9-5-7-11-20-16/h5,7,9,11,17H,3-4,6,8,10,12-15H2,1-2H3,(H2,19,21,22). The fourth-order valence-electron chi connectivity index (χ4n) is 3.06. The molecule has 0 radical (unpaired) electrons. The highest BCUT2D eigenvalue weighted by molar-refractivity contribution is 5.79. The predicted molar refractivity (Wildman–Crippen MR) is 96.6 cm³/mol. The quantitative estimate of drug-likeness (QED) is 0.599. The van der Waals surface area contributed by atoms with Crippen LogP contribution in [0.4, 0.5) is 0 Å². The zero-order valence-electron chi connectivity index (χ0n) is 14.6. The van der Waals surface area contributed by atoms with E-state index in [9.17, 15) is 0 Å². The molecule has 0 bridgehead atoms. The second-order valence-corrected chi connectivity index (χ2v) is 6.17. The van der Waals surface area contributed by atoms with E-state index in [1.807, 2.05) is 31.4 Å². The minimum Gasteiger partial charge on any atom is -0.355 e. The number of rotatable bonds is 7. The highest BCUT2D eigenvalue weighted by Crippen LogP contribution is 2.16. The third-order valence-corrected chi connectivity index (χ3v) is 4.44. The molecule has 0 saturated carbocycles. The lowest BCUT2D eigenvalue weighted by Crippen LogP contribution is -2.49.